The minimum absolute atomic E-state index is 0. The Morgan fingerprint density at radius 3 is 2.27 bits per heavy atom. The van der Waals surface area contributed by atoms with Crippen molar-refractivity contribution in [2.75, 3.05) is 32.7 Å². The van der Waals surface area contributed by atoms with Crippen molar-refractivity contribution < 1.29 is 40.1 Å². The Morgan fingerprint density at radius 1 is 0.805 bits per heavy atom. The zero-order valence-electron chi connectivity index (χ0n) is 23.2. The van der Waals surface area contributed by atoms with Crippen LogP contribution in [0.2, 0.25) is 5.02 Å². The first-order valence-electron chi connectivity index (χ1n) is 14.1. The first-order valence-corrected chi connectivity index (χ1v) is 14.5. The molecule has 9 heteroatoms. The summed E-state index contributed by atoms with van der Waals surface area (Å²) in [5.74, 6) is 0. The number of quaternary nitrogens is 2. The minimum atomic E-state index is 0. The van der Waals surface area contributed by atoms with E-state index in [9.17, 15) is 4.79 Å². The quantitative estimate of drug-likeness (QED) is 0.232. The van der Waals surface area contributed by atoms with E-state index in [1.54, 1.807) is 9.80 Å². The van der Waals surface area contributed by atoms with Gasteiger partial charge in [-0.3, -0.25) is 4.79 Å². The van der Waals surface area contributed by atoms with Crippen molar-refractivity contribution in [1.82, 2.24) is 9.78 Å². The van der Waals surface area contributed by atoms with Crippen molar-refractivity contribution in [3.8, 4) is 0 Å². The molecule has 2 aliphatic rings. The highest BCUT2D eigenvalue weighted by atomic mass is 35.5. The van der Waals surface area contributed by atoms with E-state index in [1.807, 2.05) is 53.2 Å². The summed E-state index contributed by atoms with van der Waals surface area (Å²) in [7, 11) is 0. The number of nitrogens with one attached hydrogen (secondary N) is 2. The average Bonchev–Trinajstić information content (AvgIpc) is 3.20. The van der Waals surface area contributed by atoms with Crippen LogP contribution in [0, 0.1) is 0 Å². The molecule has 2 aliphatic heterocycles. The third-order valence-corrected chi connectivity index (χ3v) is 8.83. The van der Waals surface area contributed by atoms with E-state index in [0.29, 0.717) is 6.42 Å². The number of hydrogen-bond donors (Lipinski definition) is 2. The highest BCUT2D eigenvalue weighted by molar-refractivity contribution is 6.30. The molecule has 0 saturated carbocycles. The fraction of sp³-hybridized carbons (Fsp3) is 0.375. The summed E-state index contributed by atoms with van der Waals surface area (Å²) >= 11 is 6.11. The van der Waals surface area contributed by atoms with Crippen LogP contribution in [0.4, 0.5) is 0 Å². The zero-order valence-corrected chi connectivity index (χ0v) is 25.5. The predicted octanol–water partition coefficient (Wildman–Crippen LogP) is -3.92. The van der Waals surface area contributed by atoms with E-state index in [1.165, 1.54) is 43.7 Å². The molecule has 220 valence electrons. The van der Waals surface area contributed by atoms with Gasteiger partial charge in [-0.05, 0) is 42.2 Å². The van der Waals surface area contributed by atoms with Crippen molar-refractivity contribution in [2.24, 2.45) is 0 Å². The Labute approximate surface area is 259 Å². The van der Waals surface area contributed by atoms with Gasteiger partial charge in [-0.25, -0.2) is 4.68 Å². The molecule has 6 nitrogen and oxygen atoms in total. The van der Waals surface area contributed by atoms with E-state index < -0.39 is 0 Å². The molecule has 0 bridgehead atoms. The summed E-state index contributed by atoms with van der Waals surface area (Å²) in [6.07, 6.45) is 5.02. The second kappa shape index (κ2) is 15.1. The molecule has 1 aromatic heterocycles. The van der Waals surface area contributed by atoms with E-state index in [4.69, 9.17) is 16.7 Å². The number of nitrogens with zero attached hydrogens (tertiary/aromatic N) is 2. The number of fused-ring (bicyclic) bond motifs is 2. The monoisotopic (exact) mass is 616 g/mol. The lowest BCUT2D eigenvalue weighted by Crippen LogP contribution is -3.20. The lowest BCUT2D eigenvalue weighted by atomic mass is 10.00. The molecule has 0 radical (unpaired) electrons. The van der Waals surface area contributed by atoms with Crippen molar-refractivity contribution in [3.63, 3.8) is 0 Å². The van der Waals surface area contributed by atoms with Gasteiger partial charge in [0, 0.05) is 35.2 Å². The van der Waals surface area contributed by atoms with E-state index in [0.717, 1.165) is 59.4 Å². The number of likely N-dealkylation sites (tertiary alicyclic amines) is 1. The summed E-state index contributed by atoms with van der Waals surface area (Å²) in [5, 5.41) is 7.46. The topological polar surface area (TPSA) is 75.3 Å². The molecule has 0 amide bonds. The summed E-state index contributed by atoms with van der Waals surface area (Å²) in [6.45, 7) is 7.08. The SMILES string of the molecule is O.O=c1c2ccccc2c(Cc2ccc(Cl)cc2)nn1C1CCC[NH+](CC[NH+]2CCc3ccccc3C2)CC1.[Cl-].[Cl-]. The zero-order chi connectivity index (χ0) is 25.9. The molecule has 1 fully saturated rings. The summed E-state index contributed by atoms with van der Waals surface area (Å²) in [4.78, 5) is 17.0. The smallest absolute Gasteiger partial charge is 0.274 e. The maximum atomic E-state index is 13.6. The maximum Gasteiger partial charge on any atom is 0.274 e. The van der Waals surface area contributed by atoms with Crippen LogP contribution in [0.5, 0.6) is 0 Å². The van der Waals surface area contributed by atoms with Crippen LogP contribution in [0.15, 0.2) is 77.6 Å². The van der Waals surface area contributed by atoms with Gasteiger partial charge >= 0.3 is 0 Å². The third-order valence-electron chi connectivity index (χ3n) is 8.57. The van der Waals surface area contributed by atoms with E-state index in [2.05, 4.69) is 24.3 Å². The van der Waals surface area contributed by atoms with Crippen LogP contribution in [0.25, 0.3) is 10.8 Å². The number of rotatable bonds is 6. The van der Waals surface area contributed by atoms with Gasteiger partial charge in [0.25, 0.3) is 5.56 Å². The van der Waals surface area contributed by atoms with Crippen molar-refractivity contribution in [1.29, 1.82) is 0 Å². The summed E-state index contributed by atoms with van der Waals surface area (Å²) < 4.78 is 1.82. The van der Waals surface area contributed by atoms with Gasteiger partial charge in [-0.2, -0.15) is 5.10 Å². The highest BCUT2D eigenvalue weighted by Gasteiger charge is 2.26. The van der Waals surface area contributed by atoms with Gasteiger partial charge in [-0.15, -0.1) is 0 Å². The highest BCUT2D eigenvalue weighted by Crippen LogP contribution is 2.22. The first-order chi connectivity index (χ1) is 18.6. The molecule has 0 spiro atoms. The summed E-state index contributed by atoms with van der Waals surface area (Å²) in [5.41, 5.74) is 5.22. The standard InChI is InChI=1S/C32H35ClN4O.2ClH.H2O/c33-27-13-11-24(12-14-27)22-31-29-9-3-4-10-30(29)32(38)37(34-31)28-8-5-17-35(19-16-28)20-21-36-18-15-25-6-1-2-7-26(25)23-36;;;/h1-4,6-7,9-14,28H,5,8,15-23H2;2*1H;1H2. The first kappa shape index (κ1) is 33.1. The minimum Gasteiger partial charge on any atom is -1.00 e. The number of halogens is 3. The van der Waals surface area contributed by atoms with Gasteiger partial charge in [0.15, 0.2) is 0 Å². The average molecular weight is 618 g/mol. The van der Waals surface area contributed by atoms with Gasteiger partial charge < -0.3 is 40.1 Å². The molecule has 1 saturated heterocycles. The van der Waals surface area contributed by atoms with Crippen LogP contribution in [0.1, 0.15) is 47.7 Å². The van der Waals surface area contributed by atoms with Crippen LogP contribution in [0.3, 0.4) is 0 Å². The van der Waals surface area contributed by atoms with Crippen LogP contribution in [-0.2, 0) is 19.4 Å². The molecule has 4 aromatic rings. The van der Waals surface area contributed by atoms with Crippen LogP contribution in [-0.4, -0.2) is 48.0 Å². The lowest BCUT2D eigenvalue weighted by Gasteiger charge is -2.27. The van der Waals surface area contributed by atoms with Crippen molar-refractivity contribution >= 4 is 22.4 Å². The second-order valence-electron chi connectivity index (χ2n) is 11.1. The predicted molar refractivity (Wildman–Crippen MR) is 157 cm³/mol. The number of benzene rings is 3. The Balaban J connectivity index is 0.00000154. The normalized spacial score (nSPS) is 20.1. The fourth-order valence-corrected chi connectivity index (χ4v) is 6.51. The Morgan fingerprint density at radius 2 is 1.49 bits per heavy atom. The Kier molecular flexibility index (Phi) is 12.2. The number of hydrogen-bond acceptors (Lipinski definition) is 2. The molecule has 3 atom stereocenters. The van der Waals surface area contributed by atoms with E-state index in [-0.39, 0.29) is 41.9 Å². The second-order valence-corrected chi connectivity index (χ2v) is 11.5. The van der Waals surface area contributed by atoms with Crippen molar-refractivity contribution in [2.45, 2.75) is 44.7 Å². The number of aromatic nitrogens is 2. The maximum absolute atomic E-state index is 13.6. The molecule has 0 aliphatic carbocycles. The molecule has 3 aromatic carbocycles. The van der Waals surface area contributed by atoms with Crippen molar-refractivity contribution in [3.05, 3.63) is 111 Å². The van der Waals surface area contributed by atoms with Crippen LogP contribution < -0.4 is 40.2 Å². The molecular formula is C32H39Cl3N4O2. The van der Waals surface area contributed by atoms with Gasteiger partial charge in [-0.1, -0.05) is 66.2 Å². The largest absolute Gasteiger partial charge is 1.00 e. The molecule has 3 unspecified atom stereocenters. The Bertz CT molecular complexity index is 1480. The van der Waals surface area contributed by atoms with Gasteiger partial charge in [0.05, 0.1) is 36.8 Å². The van der Waals surface area contributed by atoms with Gasteiger partial charge in [0.2, 0.25) is 0 Å². The molecule has 41 heavy (non-hydrogen) atoms. The molecular weight excluding hydrogens is 579 g/mol. The molecule has 4 N–H and O–H groups in total. The van der Waals surface area contributed by atoms with E-state index >= 15 is 0 Å². The Hall–Kier alpha value is -2.45. The molecule has 6 rings (SSSR count). The van der Waals surface area contributed by atoms with Gasteiger partial charge in [0.1, 0.15) is 19.6 Å². The third kappa shape index (κ3) is 7.69. The fourth-order valence-electron chi connectivity index (χ4n) is 6.38. The molecule has 3 heterocycles. The van der Waals surface area contributed by atoms with Crippen LogP contribution >= 0.6 is 11.6 Å². The lowest BCUT2D eigenvalue weighted by molar-refractivity contribution is -0.965. The summed E-state index contributed by atoms with van der Waals surface area (Å²) in [6, 6.07) is 24.9.